The van der Waals surface area contributed by atoms with Gasteiger partial charge in [0, 0.05) is 0 Å². The van der Waals surface area contributed by atoms with Gasteiger partial charge in [-0.1, -0.05) is 55.5 Å². The lowest BCUT2D eigenvalue weighted by molar-refractivity contribution is 0.0240. The van der Waals surface area contributed by atoms with Crippen LogP contribution in [0.3, 0.4) is 0 Å². The van der Waals surface area contributed by atoms with E-state index in [-0.39, 0.29) is 0 Å². The van der Waals surface area contributed by atoms with Crippen molar-refractivity contribution in [3.8, 4) is 0 Å². The van der Waals surface area contributed by atoms with E-state index in [4.69, 9.17) is 4.84 Å². The van der Waals surface area contributed by atoms with E-state index < -0.39 is 0 Å². The van der Waals surface area contributed by atoms with Gasteiger partial charge in [-0.15, -0.1) is 0 Å². The van der Waals surface area contributed by atoms with Gasteiger partial charge in [0.15, 0.2) is 0 Å². The highest BCUT2D eigenvalue weighted by atomic mass is 16.7. The minimum Gasteiger partial charge on any atom is -0.253 e. The summed E-state index contributed by atoms with van der Waals surface area (Å²) < 4.78 is 0. The van der Waals surface area contributed by atoms with Gasteiger partial charge >= 0.3 is 0 Å². The van der Waals surface area contributed by atoms with E-state index in [0.29, 0.717) is 6.61 Å². The zero-order valence-corrected chi connectivity index (χ0v) is 10.2. The van der Waals surface area contributed by atoms with E-state index >= 15 is 0 Å². The van der Waals surface area contributed by atoms with Crippen LogP contribution in [-0.4, -0.2) is 6.54 Å². The monoisotopic (exact) mass is 233 g/mol. The third-order valence-corrected chi connectivity index (χ3v) is 2.24. The normalized spacial score (nSPS) is 10.6. The molecule has 0 saturated carbocycles. The molecule has 0 amide bonds. The number of hydrogen-bond donors (Lipinski definition) is 1. The largest absolute Gasteiger partial charge is 0.253 e. The van der Waals surface area contributed by atoms with Crippen molar-refractivity contribution < 1.29 is 4.84 Å². The van der Waals surface area contributed by atoms with Crippen LogP contribution in [-0.2, 0) is 11.4 Å². The Balaban J connectivity index is 2.17. The highest BCUT2D eigenvalue weighted by molar-refractivity contribution is 5.47. The molecule has 0 radical (unpaired) electrons. The maximum Gasteiger partial charge on any atom is 0.102 e. The first-order chi connectivity index (χ1) is 8.36. The van der Waals surface area contributed by atoms with E-state index in [2.05, 4.69) is 29.4 Å². The van der Waals surface area contributed by atoms with E-state index in [9.17, 15) is 0 Å². The molecule has 0 aromatic heterocycles. The van der Waals surface area contributed by atoms with Crippen molar-refractivity contribution in [1.29, 1.82) is 0 Å². The number of nitrogens with zero attached hydrogens (tertiary/aromatic N) is 2. The molecule has 0 saturated heterocycles. The molecule has 0 aliphatic carbocycles. The van der Waals surface area contributed by atoms with Crippen LogP contribution in [0.1, 0.15) is 30.9 Å². The van der Waals surface area contributed by atoms with Crippen LogP contribution >= 0.6 is 0 Å². The molecular formula is C13H19N3O. The molecule has 0 atom stereocenters. The Hall–Kier alpha value is -1.68. The molecule has 0 unspecified atom stereocenters. The summed E-state index contributed by atoms with van der Waals surface area (Å²) in [6, 6.07) is 7.97. The maximum atomic E-state index is 5.14. The molecule has 17 heavy (non-hydrogen) atoms. The highest BCUT2D eigenvalue weighted by Gasteiger charge is 1.92. The van der Waals surface area contributed by atoms with Crippen molar-refractivity contribution in [2.75, 3.05) is 6.54 Å². The van der Waals surface area contributed by atoms with Crippen molar-refractivity contribution in [2.45, 2.75) is 26.4 Å². The molecule has 0 aliphatic heterocycles. The fourth-order valence-electron chi connectivity index (χ4n) is 1.20. The third kappa shape index (κ3) is 5.82. The van der Waals surface area contributed by atoms with Gasteiger partial charge in [-0.05, 0) is 17.5 Å². The van der Waals surface area contributed by atoms with Gasteiger partial charge in [-0.2, -0.15) is 10.7 Å². The fourth-order valence-corrected chi connectivity index (χ4v) is 1.20. The minimum absolute atomic E-state index is 0.463. The van der Waals surface area contributed by atoms with Crippen LogP contribution in [0.25, 0.3) is 6.08 Å². The summed E-state index contributed by atoms with van der Waals surface area (Å²) in [4.78, 5) is 5.14. The Bertz CT molecular complexity index is 346. The van der Waals surface area contributed by atoms with Gasteiger partial charge in [0.2, 0.25) is 0 Å². The van der Waals surface area contributed by atoms with Gasteiger partial charge in [-0.3, -0.25) is 4.84 Å². The summed E-state index contributed by atoms with van der Waals surface area (Å²) in [6.07, 6.45) is 3.98. The van der Waals surface area contributed by atoms with Gasteiger partial charge in [-0.25, -0.2) is 0 Å². The van der Waals surface area contributed by atoms with Crippen LogP contribution in [0.2, 0.25) is 0 Å². The second kappa shape index (κ2) is 8.47. The Labute approximate surface area is 102 Å². The molecule has 4 nitrogen and oxygen atoms in total. The molecule has 1 N–H and O–H groups in total. The number of benzene rings is 1. The van der Waals surface area contributed by atoms with E-state index in [1.54, 1.807) is 0 Å². The van der Waals surface area contributed by atoms with Crippen molar-refractivity contribution in [1.82, 2.24) is 5.59 Å². The van der Waals surface area contributed by atoms with Crippen LogP contribution < -0.4 is 5.59 Å². The Kier molecular flexibility index (Phi) is 6.67. The number of nitrogens with one attached hydrogen (secondary N) is 1. The van der Waals surface area contributed by atoms with Gasteiger partial charge in [0.05, 0.1) is 6.54 Å². The van der Waals surface area contributed by atoms with Crippen molar-refractivity contribution in [2.24, 2.45) is 10.3 Å². The molecule has 1 aromatic carbocycles. The first kappa shape index (κ1) is 13.4. The predicted octanol–water partition coefficient (Wildman–Crippen LogP) is 3.52. The van der Waals surface area contributed by atoms with Gasteiger partial charge < -0.3 is 0 Å². The summed E-state index contributed by atoms with van der Waals surface area (Å²) in [5, 5.41) is 7.59. The van der Waals surface area contributed by atoms with Crippen molar-refractivity contribution in [3.63, 3.8) is 0 Å². The highest BCUT2D eigenvalue weighted by Crippen LogP contribution is 2.05. The molecule has 1 aromatic rings. The second-order valence-electron chi connectivity index (χ2n) is 3.64. The Morgan fingerprint density at radius 3 is 2.76 bits per heavy atom. The van der Waals surface area contributed by atoms with Crippen molar-refractivity contribution >= 4 is 6.08 Å². The smallest absolute Gasteiger partial charge is 0.102 e. The molecule has 0 aliphatic rings. The first-order valence-corrected chi connectivity index (χ1v) is 5.81. The van der Waals surface area contributed by atoms with E-state index in [1.165, 1.54) is 0 Å². The minimum atomic E-state index is 0.463. The topological polar surface area (TPSA) is 46.0 Å². The summed E-state index contributed by atoms with van der Waals surface area (Å²) in [5.74, 6) is 0. The quantitative estimate of drug-likeness (QED) is 0.424. The van der Waals surface area contributed by atoms with E-state index in [1.807, 2.05) is 30.3 Å². The zero-order chi connectivity index (χ0) is 12.3. The molecule has 0 bridgehead atoms. The van der Waals surface area contributed by atoms with Gasteiger partial charge in [0.25, 0.3) is 0 Å². The molecular weight excluding hydrogens is 214 g/mol. The predicted molar refractivity (Wildman–Crippen MR) is 69.1 cm³/mol. The van der Waals surface area contributed by atoms with Crippen LogP contribution in [0, 0.1) is 0 Å². The van der Waals surface area contributed by atoms with Crippen molar-refractivity contribution in [3.05, 3.63) is 42.0 Å². The summed E-state index contributed by atoms with van der Waals surface area (Å²) in [5.41, 5.74) is 4.63. The Morgan fingerprint density at radius 2 is 2.12 bits per heavy atom. The number of rotatable bonds is 8. The Morgan fingerprint density at radius 1 is 1.35 bits per heavy atom. The van der Waals surface area contributed by atoms with Gasteiger partial charge in [0.1, 0.15) is 6.61 Å². The lowest BCUT2D eigenvalue weighted by Gasteiger charge is -2.02. The van der Waals surface area contributed by atoms with Crippen LogP contribution in [0.15, 0.2) is 41.2 Å². The van der Waals surface area contributed by atoms with Crippen LogP contribution in [0.5, 0.6) is 0 Å². The molecule has 0 heterocycles. The number of hydrogen-bond acceptors (Lipinski definition) is 3. The SMILES string of the molecule is C=Cc1ccc(CONN=NCCCC)cc1. The standard InChI is InChI=1S/C13H19N3O/c1-3-5-10-14-15-16-17-11-13-8-6-12(4-2)7-9-13/h4,6-9H,2-3,5,10-11H2,1H3,(H,14,16). The molecule has 92 valence electrons. The average molecular weight is 233 g/mol. The maximum absolute atomic E-state index is 5.14. The fraction of sp³-hybridized carbons (Fsp3) is 0.385. The summed E-state index contributed by atoms with van der Waals surface area (Å²) in [7, 11) is 0. The molecule has 1 rings (SSSR count). The first-order valence-electron chi connectivity index (χ1n) is 5.81. The van der Waals surface area contributed by atoms with E-state index in [0.717, 1.165) is 30.5 Å². The molecule has 0 fully saturated rings. The van der Waals surface area contributed by atoms with Crippen LogP contribution in [0.4, 0.5) is 0 Å². The average Bonchev–Trinajstić information content (AvgIpc) is 2.38. The number of unbranched alkanes of at least 4 members (excludes halogenated alkanes) is 1. The second-order valence-corrected chi connectivity index (χ2v) is 3.64. The lowest BCUT2D eigenvalue weighted by Crippen LogP contribution is -2.06. The zero-order valence-electron chi connectivity index (χ0n) is 10.2. The molecule has 4 heteroatoms. The summed E-state index contributed by atoms with van der Waals surface area (Å²) >= 11 is 0. The lowest BCUT2D eigenvalue weighted by atomic mass is 10.1. The third-order valence-electron chi connectivity index (χ3n) is 2.24. The molecule has 0 spiro atoms. The summed E-state index contributed by atoms with van der Waals surface area (Å²) in [6.45, 7) is 7.02.